The summed E-state index contributed by atoms with van der Waals surface area (Å²) in [7, 11) is 0. The van der Waals surface area contributed by atoms with E-state index in [9.17, 15) is 4.79 Å². The van der Waals surface area contributed by atoms with Gasteiger partial charge in [-0.2, -0.15) is 5.10 Å². The first-order valence-electron chi connectivity index (χ1n) is 10.3. The van der Waals surface area contributed by atoms with Gasteiger partial charge in [0.25, 0.3) is 5.91 Å². The number of rotatable bonds is 3. The zero-order valence-electron chi connectivity index (χ0n) is 17.0. The van der Waals surface area contributed by atoms with Crippen molar-refractivity contribution in [2.45, 2.75) is 65.3 Å². The lowest BCUT2D eigenvalue weighted by Gasteiger charge is -2.17. The third-order valence-corrected chi connectivity index (χ3v) is 5.65. The molecular weight excluding hydrogens is 348 g/mol. The zero-order chi connectivity index (χ0) is 19.7. The molecule has 0 bridgehead atoms. The summed E-state index contributed by atoms with van der Waals surface area (Å²) in [4.78, 5) is 17.9. The van der Waals surface area contributed by atoms with E-state index in [0.29, 0.717) is 5.56 Å². The summed E-state index contributed by atoms with van der Waals surface area (Å²) in [5.74, 6) is -0.00560. The van der Waals surface area contributed by atoms with E-state index in [4.69, 9.17) is 10.1 Å². The largest absolute Gasteiger partial charge is 0.349 e. The maximum atomic E-state index is 13.2. The van der Waals surface area contributed by atoms with Crippen molar-refractivity contribution in [1.82, 2.24) is 20.1 Å². The number of hydrogen-bond acceptors (Lipinski definition) is 3. The quantitative estimate of drug-likeness (QED) is 0.668. The van der Waals surface area contributed by atoms with Gasteiger partial charge in [-0.25, -0.2) is 9.67 Å². The van der Waals surface area contributed by atoms with Crippen LogP contribution in [0.2, 0.25) is 0 Å². The topological polar surface area (TPSA) is 59.8 Å². The molecule has 0 unspecified atom stereocenters. The Morgan fingerprint density at radius 3 is 2.39 bits per heavy atom. The molecule has 1 amide bonds. The molecule has 3 aromatic rings. The van der Waals surface area contributed by atoms with Gasteiger partial charge in [0.2, 0.25) is 0 Å². The molecule has 5 heteroatoms. The molecule has 0 aliphatic heterocycles. The minimum absolute atomic E-state index is 0.00560. The molecular formula is C23H28N4O. The molecule has 0 radical (unpaired) electrons. The van der Waals surface area contributed by atoms with Crippen molar-refractivity contribution in [2.75, 3.05) is 0 Å². The summed E-state index contributed by atoms with van der Waals surface area (Å²) in [6.07, 6.45) is 7.07. The Kier molecular flexibility index (Phi) is 5.16. The second-order valence-corrected chi connectivity index (χ2v) is 8.00. The number of nitrogens with zero attached hydrogens (tertiary/aromatic N) is 3. The Bertz CT molecular complexity index is 996. The van der Waals surface area contributed by atoms with E-state index >= 15 is 0 Å². The minimum Gasteiger partial charge on any atom is -0.349 e. The van der Waals surface area contributed by atoms with E-state index in [2.05, 4.69) is 24.4 Å². The minimum atomic E-state index is -0.00560. The number of carbonyl (C=O) groups excluding carboxylic acids is 1. The van der Waals surface area contributed by atoms with Gasteiger partial charge < -0.3 is 5.32 Å². The lowest BCUT2D eigenvalue weighted by atomic mass is 10.1. The number of nitrogens with one attached hydrogen (secondary N) is 1. The highest BCUT2D eigenvalue weighted by Crippen LogP contribution is 2.26. The number of amides is 1. The fourth-order valence-corrected chi connectivity index (χ4v) is 4.15. The van der Waals surface area contributed by atoms with Gasteiger partial charge in [0.15, 0.2) is 5.65 Å². The van der Waals surface area contributed by atoms with Gasteiger partial charge >= 0.3 is 0 Å². The first-order valence-corrected chi connectivity index (χ1v) is 10.3. The van der Waals surface area contributed by atoms with Crippen LogP contribution in [0.4, 0.5) is 0 Å². The van der Waals surface area contributed by atoms with Crippen LogP contribution < -0.4 is 5.32 Å². The third kappa shape index (κ3) is 3.66. The Morgan fingerprint density at radius 1 is 1.04 bits per heavy atom. The lowest BCUT2D eigenvalue weighted by Crippen LogP contribution is -2.34. The van der Waals surface area contributed by atoms with Crippen molar-refractivity contribution in [2.24, 2.45) is 0 Å². The average Bonchev–Trinajstić information content (AvgIpc) is 2.84. The van der Waals surface area contributed by atoms with Crippen LogP contribution in [0.15, 0.2) is 30.3 Å². The number of aromatic nitrogens is 3. The molecule has 2 aromatic heterocycles. The standard InChI is InChI=1S/C23H28N4O/c1-15-10-12-19(13-11-15)27-22-21(17(3)26-27)20(14-16(2)24-22)23(28)25-18-8-6-4-5-7-9-18/h10-14,18H,4-9H2,1-3H3,(H,25,28). The van der Waals surface area contributed by atoms with Crippen LogP contribution >= 0.6 is 0 Å². The van der Waals surface area contributed by atoms with Crippen LogP contribution in [0.1, 0.15) is 65.8 Å². The third-order valence-electron chi connectivity index (χ3n) is 5.65. The fraction of sp³-hybridized carbons (Fsp3) is 0.435. The summed E-state index contributed by atoms with van der Waals surface area (Å²) in [6.45, 7) is 5.95. The van der Waals surface area contributed by atoms with E-state index in [1.54, 1.807) is 0 Å². The maximum absolute atomic E-state index is 13.2. The molecule has 0 atom stereocenters. The molecule has 4 rings (SSSR count). The van der Waals surface area contributed by atoms with Crippen LogP contribution in [0, 0.1) is 20.8 Å². The van der Waals surface area contributed by atoms with Crippen LogP contribution in [0.5, 0.6) is 0 Å². The summed E-state index contributed by atoms with van der Waals surface area (Å²) >= 11 is 0. The number of aryl methyl sites for hydroxylation is 3. The summed E-state index contributed by atoms with van der Waals surface area (Å²) < 4.78 is 1.85. The van der Waals surface area contributed by atoms with Crippen molar-refractivity contribution in [1.29, 1.82) is 0 Å². The smallest absolute Gasteiger partial charge is 0.252 e. The van der Waals surface area contributed by atoms with Crippen molar-refractivity contribution in [3.63, 3.8) is 0 Å². The summed E-state index contributed by atoms with van der Waals surface area (Å²) in [5.41, 5.74) is 5.23. The highest BCUT2D eigenvalue weighted by molar-refractivity contribution is 6.06. The van der Waals surface area contributed by atoms with Gasteiger partial charge in [-0.05, 0) is 51.8 Å². The molecule has 28 heavy (non-hydrogen) atoms. The molecule has 1 saturated carbocycles. The summed E-state index contributed by atoms with van der Waals surface area (Å²) in [5, 5.41) is 8.83. The SMILES string of the molecule is Cc1ccc(-n2nc(C)c3c(C(=O)NC4CCCCCC4)cc(C)nc32)cc1. The first kappa shape index (κ1) is 18.7. The molecule has 1 aliphatic rings. The summed E-state index contributed by atoms with van der Waals surface area (Å²) in [6, 6.07) is 10.4. The van der Waals surface area contributed by atoms with E-state index < -0.39 is 0 Å². The van der Waals surface area contributed by atoms with Gasteiger partial charge in [-0.15, -0.1) is 0 Å². The highest BCUT2D eigenvalue weighted by Gasteiger charge is 2.22. The Morgan fingerprint density at radius 2 is 1.71 bits per heavy atom. The van der Waals surface area contributed by atoms with Crippen LogP contribution in [0.3, 0.4) is 0 Å². The number of hydrogen-bond donors (Lipinski definition) is 1. The molecule has 0 spiro atoms. The Labute approximate surface area is 166 Å². The van der Waals surface area contributed by atoms with Crippen molar-refractivity contribution >= 4 is 16.9 Å². The molecule has 1 aromatic carbocycles. The van der Waals surface area contributed by atoms with Crippen molar-refractivity contribution in [3.05, 3.63) is 52.8 Å². The Balaban J connectivity index is 1.74. The highest BCUT2D eigenvalue weighted by atomic mass is 16.1. The first-order chi connectivity index (χ1) is 13.5. The van der Waals surface area contributed by atoms with Crippen molar-refractivity contribution < 1.29 is 4.79 Å². The lowest BCUT2D eigenvalue weighted by molar-refractivity contribution is 0.0935. The predicted octanol–water partition coefficient (Wildman–Crippen LogP) is 4.80. The molecule has 1 fully saturated rings. The van der Waals surface area contributed by atoms with Gasteiger partial charge in [-0.3, -0.25) is 4.79 Å². The van der Waals surface area contributed by atoms with Crippen LogP contribution in [-0.2, 0) is 0 Å². The average molecular weight is 377 g/mol. The zero-order valence-corrected chi connectivity index (χ0v) is 17.0. The second kappa shape index (κ2) is 7.74. The Hall–Kier alpha value is -2.69. The molecule has 146 valence electrons. The van der Waals surface area contributed by atoms with Gasteiger partial charge in [-0.1, -0.05) is 43.4 Å². The number of benzene rings is 1. The number of carbonyl (C=O) groups is 1. The molecule has 1 N–H and O–H groups in total. The molecule has 5 nitrogen and oxygen atoms in total. The number of pyridine rings is 1. The van der Waals surface area contributed by atoms with Crippen LogP contribution in [-0.4, -0.2) is 26.7 Å². The fourth-order valence-electron chi connectivity index (χ4n) is 4.15. The second-order valence-electron chi connectivity index (χ2n) is 8.00. The van der Waals surface area contributed by atoms with E-state index in [1.807, 2.05) is 36.7 Å². The normalized spacial score (nSPS) is 15.5. The molecule has 0 saturated heterocycles. The monoisotopic (exact) mass is 376 g/mol. The number of fused-ring (bicyclic) bond motifs is 1. The van der Waals surface area contributed by atoms with Gasteiger partial charge in [0.05, 0.1) is 22.3 Å². The predicted molar refractivity (Wildman–Crippen MR) is 112 cm³/mol. The van der Waals surface area contributed by atoms with Gasteiger partial charge in [0.1, 0.15) is 0 Å². The molecule has 2 heterocycles. The molecule has 1 aliphatic carbocycles. The van der Waals surface area contributed by atoms with E-state index in [-0.39, 0.29) is 11.9 Å². The van der Waals surface area contributed by atoms with E-state index in [0.717, 1.165) is 41.0 Å². The van der Waals surface area contributed by atoms with Crippen LogP contribution in [0.25, 0.3) is 16.7 Å². The maximum Gasteiger partial charge on any atom is 0.252 e. The van der Waals surface area contributed by atoms with Crippen molar-refractivity contribution in [3.8, 4) is 5.69 Å². The van der Waals surface area contributed by atoms with Gasteiger partial charge in [0, 0.05) is 11.7 Å². The van der Waals surface area contributed by atoms with E-state index in [1.165, 1.54) is 31.2 Å².